The SMILES string of the molecule is C=C(C)C1(F)CCN(c2ccc(N=CCC(=O)C(=N)C(CC=N)=Nc3ccccc3)c(F)c2)CC1. The van der Waals surface area contributed by atoms with E-state index in [1.165, 1.54) is 18.3 Å². The summed E-state index contributed by atoms with van der Waals surface area (Å²) in [5.41, 5.74) is 0.342. The van der Waals surface area contributed by atoms with E-state index in [2.05, 4.69) is 16.6 Å². The van der Waals surface area contributed by atoms with Crippen molar-refractivity contribution in [3.8, 4) is 0 Å². The molecular weight excluding hydrogens is 448 g/mol. The molecule has 1 saturated heterocycles. The largest absolute Gasteiger partial charge is 0.371 e. The van der Waals surface area contributed by atoms with Crippen LogP contribution in [0.2, 0.25) is 0 Å². The average Bonchev–Trinajstić information content (AvgIpc) is 2.85. The maximum absolute atomic E-state index is 14.7. The maximum atomic E-state index is 14.7. The Hall–Kier alpha value is -3.81. The van der Waals surface area contributed by atoms with Crippen LogP contribution in [0.3, 0.4) is 0 Å². The lowest BCUT2D eigenvalue weighted by Gasteiger charge is -2.38. The standard InChI is InChI=1S/C27H29F2N5O/c1-19(2)27(29)12-16-34(17-13-27)21-8-9-23(22(28)18-21)32-15-11-25(35)26(31)24(10-14-30)33-20-6-4-3-5-7-20/h3-9,14-15,18,30-31H,1,10-13,16-17H2,2H3. The van der Waals surface area contributed by atoms with Crippen LogP contribution >= 0.6 is 0 Å². The van der Waals surface area contributed by atoms with Crippen LogP contribution < -0.4 is 4.90 Å². The fraction of sp³-hybridized carbons (Fsp3) is 0.296. The minimum atomic E-state index is -1.37. The van der Waals surface area contributed by atoms with Crippen LogP contribution in [0.4, 0.5) is 25.8 Å². The Kier molecular flexibility index (Phi) is 8.52. The van der Waals surface area contributed by atoms with Gasteiger partial charge in [-0.05, 0) is 42.8 Å². The number of hydrogen-bond acceptors (Lipinski definition) is 6. The Morgan fingerprint density at radius 1 is 1.17 bits per heavy atom. The molecule has 0 atom stereocenters. The maximum Gasteiger partial charge on any atom is 0.187 e. The molecule has 1 aliphatic heterocycles. The molecule has 35 heavy (non-hydrogen) atoms. The molecule has 2 aromatic carbocycles. The van der Waals surface area contributed by atoms with Crippen molar-refractivity contribution >= 4 is 46.7 Å². The molecule has 0 radical (unpaired) electrons. The number of nitrogens with zero attached hydrogens (tertiary/aromatic N) is 3. The monoisotopic (exact) mass is 477 g/mol. The highest BCUT2D eigenvalue weighted by Crippen LogP contribution is 2.35. The van der Waals surface area contributed by atoms with Crippen molar-refractivity contribution < 1.29 is 13.6 Å². The van der Waals surface area contributed by atoms with E-state index in [0.29, 0.717) is 42.9 Å². The zero-order valence-electron chi connectivity index (χ0n) is 19.7. The molecule has 0 unspecified atom stereocenters. The highest BCUT2D eigenvalue weighted by atomic mass is 19.1. The Morgan fingerprint density at radius 2 is 1.86 bits per heavy atom. The Bertz CT molecular complexity index is 1170. The van der Waals surface area contributed by atoms with Crippen molar-refractivity contribution in [2.75, 3.05) is 18.0 Å². The first-order valence-electron chi connectivity index (χ1n) is 11.4. The van der Waals surface area contributed by atoms with Gasteiger partial charge in [-0.3, -0.25) is 20.2 Å². The van der Waals surface area contributed by atoms with E-state index in [-0.39, 0.29) is 30.0 Å². The Morgan fingerprint density at radius 3 is 2.46 bits per heavy atom. The molecule has 6 nitrogen and oxygen atoms in total. The lowest BCUT2D eigenvalue weighted by Crippen LogP contribution is -2.42. The van der Waals surface area contributed by atoms with Gasteiger partial charge in [-0.1, -0.05) is 24.8 Å². The number of rotatable bonds is 10. The number of carbonyl (C=O) groups excluding carboxylic acids is 1. The molecule has 1 aliphatic rings. The predicted octanol–water partition coefficient (Wildman–Crippen LogP) is 6.20. The quantitative estimate of drug-likeness (QED) is 0.315. The number of hydrogen-bond donors (Lipinski definition) is 2. The van der Waals surface area contributed by atoms with Crippen molar-refractivity contribution in [3.05, 3.63) is 66.5 Å². The molecule has 1 fully saturated rings. The number of aliphatic imine (C=N–C) groups is 2. The van der Waals surface area contributed by atoms with E-state index in [1.54, 1.807) is 37.3 Å². The molecule has 0 aromatic heterocycles. The molecule has 182 valence electrons. The third kappa shape index (κ3) is 6.62. The highest BCUT2D eigenvalue weighted by Gasteiger charge is 2.35. The summed E-state index contributed by atoms with van der Waals surface area (Å²) in [6.07, 6.45) is 2.83. The van der Waals surface area contributed by atoms with Crippen LogP contribution in [-0.4, -0.2) is 48.4 Å². The highest BCUT2D eigenvalue weighted by molar-refractivity contribution is 6.68. The first-order chi connectivity index (χ1) is 16.7. The number of piperidine rings is 1. The number of nitrogens with one attached hydrogen (secondary N) is 2. The number of anilines is 1. The summed E-state index contributed by atoms with van der Waals surface area (Å²) in [6.45, 7) is 6.36. The van der Waals surface area contributed by atoms with Gasteiger partial charge in [-0.25, -0.2) is 8.78 Å². The van der Waals surface area contributed by atoms with E-state index in [1.807, 2.05) is 11.0 Å². The number of para-hydroxylation sites is 1. The summed E-state index contributed by atoms with van der Waals surface area (Å²) in [5.74, 6) is -1.07. The van der Waals surface area contributed by atoms with E-state index >= 15 is 0 Å². The first kappa shape index (κ1) is 25.8. The van der Waals surface area contributed by atoms with Crippen LogP contribution in [0.5, 0.6) is 0 Å². The van der Waals surface area contributed by atoms with Crippen molar-refractivity contribution in [2.45, 2.75) is 38.3 Å². The van der Waals surface area contributed by atoms with Crippen LogP contribution in [0.1, 0.15) is 32.6 Å². The summed E-state index contributed by atoms with van der Waals surface area (Å²) >= 11 is 0. The van der Waals surface area contributed by atoms with E-state index in [9.17, 15) is 13.6 Å². The molecular formula is C27H29F2N5O. The van der Waals surface area contributed by atoms with Gasteiger partial charge in [0.1, 0.15) is 11.4 Å². The number of halogens is 2. The summed E-state index contributed by atoms with van der Waals surface area (Å²) in [6, 6.07) is 13.5. The Balaban J connectivity index is 1.62. The normalized spacial score (nSPS) is 15.7. The number of benzene rings is 2. The predicted molar refractivity (Wildman–Crippen MR) is 139 cm³/mol. The molecule has 1 heterocycles. The lowest BCUT2D eigenvalue weighted by atomic mass is 9.87. The van der Waals surface area contributed by atoms with Crippen LogP contribution in [0.15, 0.2) is 70.7 Å². The second-order valence-corrected chi connectivity index (χ2v) is 8.48. The summed E-state index contributed by atoms with van der Waals surface area (Å²) in [7, 11) is 0. The van der Waals surface area contributed by atoms with Gasteiger partial charge in [0.05, 0.1) is 17.1 Å². The van der Waals surface area contributed by atoms with E-state index < -0.39 is 17.3 Å². The van der Waals surface area contributed by atoms with Crippen LogP contribution in [-0.2, 0) is 4.79 Å². The number of ketones is 1. The molecule has 0 saturated carbocycles. The van der Waals surface area contributed by atoms with Gasteiger partial charge in [-0.2, -0.15) is 0 Å². The van der Waals surface area contributed by atoms with Crippen LogP contribution in [0, 0.1) is 16.6 Å². The average molecular weight is 478 g/mol. The van der Waals surface area contributed by atoms with Gasteiger partial charge in [0.2, 0.25) is 0 Å². The van der Waals surface area contributed by atoms with Gasteiger partial charge in [-0.15, -0.1) is 0 Å². The third-order valence-electron chi connectivity index (χ3n) is 6.01. The van der Waals surface area contributed by atoms with Gasteiger partial charge in [0.15, 0.2) is 11.6 Å². The summed E-state index contributed by atoms with van der Waals surface area (Å²) in [4.78, 5) is 22.8. The molecule has 3 rings (SSSR count). The number of allylic oxidation sites excluding steroid dienone is 1. The summed E-state index contributed by atoms with van der Waals surface area (Å²) < 4.78 is 29.4. The molecule has 0 bridgehead atoms. The van der Waals surface area contributed by atoms with E-state index in [0.717, 1.165) is 6.21 Å². The first-order valence-corrected chi connectivity index (χ1v) is 11.4. The molecule has 0 spiro atoms. The molecule has 2 N–H and O–H groups in total. The summed E-state index contributed by atoms with van der Waals surface area (Å²) in [5, 5.41) is 15.5. The van der Waals surface area contributed by atoms with Crippen molar-refractivity contribution in [1.82, 2.24) is 0 Å². The van der Waals surface area contributed by atoms with Crippen molar-refractivity contribution in [3.63, 3.8) is 0 Å². The smallest absolute Gasteiger partial charge is 0.187 e. The van der Waals surface area contributed by atoms with Gasteiger partial charge < -0.3 is 10.3 Å². The number of Topliss-reactive ketones (excluding diaryl/α,β-unsaturated/α-hetero) is 1. The second kappa shape index (κ2) is 11.6. The Labute approximate surface area is 204 Å². The molecule has 2 aromatic rings. The van der Waals surface area contributed by atoms with Crippen molar-refractivity contribution in [2.24, 2.45) is 9.98 Å². The molecule has 0 aliphatic carbocycles. The van der Waals surface area contributed by atoms with Crippen LogP contribution in [0.25, 0.3) is 0 Å². The lowest BCUT2D eigenvalue weighted by molar-refractivity contribution is -0.111. The zero-order chi connectivity index (χ0) is 25.4. The number of carbonyl (C=O) groups is 1. The third-order valence-corrected chi connectivity index (χ3v) is 6.01. The fourth-order valence-corrected chi connectivity index (χ4v) is 3.79. The topological polar surface area (TPSA) is 92.7 Å². The van der Waals surface area contributed by atoms with Gasteiger partial charge in [0.25, 0.3) is 0 Å². The fourth-order valence-electron chi connectivity index (χ4n) is 3.79. The van der Waals surface area contributed by atoms with E-state index in [4.69, 9.17) is 10.8 Å². The molecule has 0 amide bonds. The molecule has 8 heteroatoms. The minimum Gasteiger partial charge on any atom is -0.371 e. The second-order valence-electron chi connectivity index (χ2n) is 8.48. The zero-order valence-corrected chi connectivity index (χ0v) is 19.7. The number of alkyl halides is 1. The van der Waals surface area contributed by atoms with Gasteiger partial charge >= 0.3 is 0 Å². The van der Waals surface area contributed by atoms with Gasteiger partial charge in [0, 0.05) is 56.9 Å². The van der Waals surface area contributed by atoms with Crippen molar-refractivity contribution in [1.29, 1.82) is 10.8 Å². The minimum absolute atomic E-state index is 0.0547.